The summed E-state index contributed by atoms with van der Waals surface area (Å²) in [5.41, 5.74) is 5.82. The zero-order valence-electron chi connectivity index (χ0n) is 12.9. The second kappa shape index (κ2) is 7.08. The maximum Gasteiger partial charge on any atom is 0.416 e. The lowest BCUT2D eigenvalue weighted by atomic mass is 10.2. The number of hydrogen-bond donors (Lipinski definition) is 2. The number of amides is 1. The lowest BCUT2D eigenvalue weighted by Gasteiger charge is -2.12. The van der Waals surface area contributed by atoms with Gasteiger partial charge < -0.3 is 11.1 Å². The fraction of sp³-hybridized carbons (Fsp3) is 0.267. The van der Waals surface area contributed by atoms with Crippen LogP contribution in [0.25, 0.3) is 0 Å². The molecule has 0 spiro atoms. The number of halogens is 3. The quantitative estimate of drug-likeness (QED) is 0.647. The average Bonchev–Trinajstić information content (AvgIpc) is 2.45. The molecule has 0 bridgehead atoms. The molecule has 1 aromatic carbocycles. The van der Waals surface area contributed by atoms with Gasteiger partial charge >= 0.3 is 6.18 Å². The van der Waals surface area contributed by atoms with Gasteiger partial charge in [-0.15, -0.1) is 0 Å². The highest BCUT2D eigenvalue weighted by atomic mass is 32.2. The first-order valence-corrected chi connectivity index (χ1v) is 7.79. The van der Waals surface area contributed by atoms with Crippen molar-refractivity contribution in [1.82, 2.24) is 9.97 Å². The fourth-order valence-electron chi connectivity index (χ4n) is 1.82. The Bertz CT molecular complexity index is 714. The molecule has 1 aromatic heterocycles. The Morgan fingerprint density at radius 2 is 1.88 bits per heavy atom. The van der Waals surface area contributed by atoms with E-state index in [-0.39, 0.29) is 11.6 Å². The van der Waals surface area contributed by atoms with E-state index in [4.69, 9.17) is 5.73 Å². The smallest absolute Gasteiger partial charge is 0.384 e. The third kappa shape index (κ3) is 4.85. The van der Waals surface area contributed by atoms with Gasteiger partial charge in [0, 0.05) is 17.4 Å². The second-order valence-electron chi connectivity index (χ2n) is 5.04. The molecular weight excluding hydrogens is 341 g/mol. The van der Waals surface area contributed by atoms with Crippen LogP contribution in [0.1, 0.15) is 18.2 Å². The molecule has 1 amide bonds. The highest BCUT2D eigenvalue weighted by Gasteiger charge is 2.30. The Balaban J connectivity index is 2.01. The number of rotatable bonds is 4. The van der Waals surface area contributed by atoms with E-state index < -0.39 is 17.0 Å². The number of alkyl halides is 3. The van der Waals surface area contributed by atoms with E-state index >= 15 is 0 Å². The predicted molar refractivity (Wildman–Crippen MR) is 86.6 cm³/mol. The lowest BCUT2D eigenvalue weighted by molar-refractivity contribution is -0.137. The molecule has 5 nitrogen and oxygen atoms in total. The van der Waals surface area contributed by atoms with Gasteiger partial charge in [0.2, 0.25) is 5.91 Å². The summed E-state index contributed by atoms with van der Waals surface area (Å²) in [4.78, 5) is 20.3. The summed E-state index contributed by atoms with van der Waals surface area (Å²) in [5, 5.41) is 2.37. The summed E-state index contributed by atoms with van der Waals surface area (Å²) in [6, 6.07) is 5.85. The minimum absolute atomic E-state index is 0.283. The minimum atomic E-state index is -4.41. The van der Waals surface area contributed by atoms with E-state index in [1.54, 1.807) is 19.9 Å². The van der Waals surface area contributed by atoms with Crippen LogP contribution in [0.5, 0.6) is 0 Å². The largest absolute Gasteiger partial charge is 0.416 e. The molecule has 0 saturated heterocycles. The van der Waals surface area contributed by atoms with Gasteiger partial charge in [-0.25, -0.2) is 9.97 Å². The minimum Gasteiger partial charge on any atom is -0.384 e. The molecule has 1 heterocycles. The first-order valence-electron chi connectivity index (χ1n) is 6.91. The van der Waals surface area contributed by atoms with Crippen molar-refractivity contribution in [3.63, 3.8) is 0 Å². The van der Waals surface area contributed by atoms with Crippen molar-refractivity contribution in [1.29, 1.82) is 0 Å². The van der Waals surface area contributed by atoms with Crippen LogP contribution in [0.15, 0.2) is 35.5 Å². The predicted octanol–water partition coefficient (Wildman–Crippen LogP) is 3.51. The van der Waals surface area contributed by atoms with E-state index in [9.17, 15) is 18.0 Å². The maximum absolute atomic E-state index is 12.5. The first kappa shape index (κ1) is 18.1. The molecule has 0 unspecified atom stereocenters. The van der Waals surface area contributed by atoms with Gasteiger partial charge in [0.1, 0.15) is 5.82 Å². The molecule has 0 aliphatic heterocycles. The number of thioether (sulfide) groups is 1. The van der Waals surface area contributed by atoms with Crippen LogP contribution in [-0.2, 0) is 11.0 Å². The van der Waals surface area contributed by atoms with Crippen molar-refractivity contribution in [2.45, 2.75) is 30.4 Å². The molecule has 2 aromatic rings. The Morgan fingerprint density at radius 3 is 2.42 bits per heavy atom. The van der Waals surface area contributed by atoms with Crippen LogP contribution in [0.3, 0.4) is 0 Å². The third-order valence-corrected chi connectivity index (χ3v) is 3.95. The van der Waals surface area contributed by atoms with E-state index in [1.165, 1.54) is 12.1 Å². The van der Waals surface area contributed by atoms with Gasteiger partial charge in [-0.3, -0.25) is 4.79 Å². The van der Waals surface area contributed by atoms with Crippen molar-refractivity contribution in [2.75, 3.05) is 11.1 Å². The van der Waals surface area contributed by atoms with E-state index in [0.29, 0.717) is 16.7 Å². The first-order chi connectivity index (χ1) is 11.1. The second-order valence-corrected chi connectivity index (χ2v) is 6.35. The summed E-state index contributed by atoms with van der Waals surface area (Å²) in [7, 11) is 0. The molecular formula is C15H15F3N4OS. The Kier molecular flexibility index (Phi) is 5.33. The van der Waals surface area contributed by atoms with Crippen LogP contribution in [0, 0.1) is 6.92 Å². The number of nitrogens with zero attached hydrogens (tertiary/aromatic N) is 2. The number of aryl methyl sites for hydroxylation is 1. The number of nitrogens with two attached hydrogens (primary N) is 1. The van der Waals surface area contributed by atoms with Crippen LogP contribution in [-0.4, -0.2) is 21.1 Å². The summed E-state index contributed by atoms with van der Waals surface area (Å²) < 4.78 is 37.5. The lowest BCUT2D eigenvalue weighted by Crippen LogP contribution is -2.22. The molecule has 0 radical (unpaired) electrons. The van der Waals surface area contributed by atoms with E-state index in [1.807, 2.05) is 0 Å². The number of aromatic nitrogens is 2. The Morgan fingerprint density at radius 1 is 1.25 bits per heavy atom. The Hall–Kier alpha value is -2.29. The Labute approximate surface area is 140 Å². The van der Waals surface area contributed by atoms with Crippen LogP contribution in [0.4, 0.5) is 24.7 Å². The van der Waals surface area contributed by atoms with Crippen molar-refractivity contribution in [2.24, 2.45) is 0 Å². The van der Waals surface area contributed by atoms with Gasteiger partial charge in [0.25, 0.3) is 0 Å². The molecule has 24 heavy (non-hydrogen) atoms. The number of benzene rings is 1. The van der Waals surface area contributed by atoms with Crippen LogP contribution >= 0.6 is 11.8 Å². The number of nitrogens with one attached hydrogen (secondary N) is 1. The summed E-state index contributed by atoms with van der Waals surface area (Å²) in [6.07, 6.45) is -4.41. The molecule has 3 N–H and O–H groups in total. The average molecular weight is 356 g/mol. The van der Waals surface area contributed by atoms with Crippen LogP contribution in [0.2, 0.25) is 0 Å². The standard InChI is InChI=1S/C15H15F3N4OS/c1-8-7-12(19)22-14(20-8)24-9(2)13(23)21-11-5-3-10(4-6-11)15(16,17)18/h3-7,9H,1-2H3,(H,21,23)(H2,19,20,22)/t9-/m0/s1. The maximum atomic E-state index is 12.5. The van der Waals surface area contributed by atoms with Gasteiger partial charge in [-0.05, 0) is 38.1 Å². The zero-order chi connectivity index (χ0) is 17.9. The van der Waals surface area contributed by atoms with Crippen molar-refractivity contribution in [3.05, 3.63) is 41.6 Å². The summed E-state index contributed by atoms with van der Waals surface area (Å²) in [5.74, 6) is -0.0659. The normalized spacial score (nSPS) is 12.7. The van der Waals surface area contributed by atoms with Crippen molar-refractivity contribution >= 4 is 29.2 Å². The number of hydrogen-bond acceptors (Lipinski definition) is 5. The number of carbonyl (C=O) groups excluding carboxylic acids is 1. The highest BCUT2D eigenvalue weighted by Crippen LogP contribution is 2.30. The van der Waals surface area contributed by atoms with Gasteiger partial charge in [0.15, 0.2) is 5.16 Å². The zero-order valence-corrected chi connectivity index (χ0v) is 13.7. The molecule has 128 valence electrons. The van der Waals surface area contributed by atoms with Gasteiger partial charge in [-0.1, -0.05) is 11.8 Å². The molecule has 0 fully saturated rings. The summed E-state index contributed by atoms with van der Waals surface area (Å²) >= 11 is 1.11. The topological polar surface area (TPSA) is 80.9 Å². The van der Waals surface area contributed by atoms with Gasteiger partial charge in [0.05, 0.1) is 10.8 Å². The molecule has 9 heteroatoms. The SMILES string of the molecule is Cc1cc(N)nc(S[C@@H](C)C(=O)Nc2ccc(C(F)(F)F)cc2)n1. The molecule has 2 rings (SSSR count). The molecule has 1 atom stereocenters. The molecule has 0 aliphatic rings. The number of carbonyl (C=O) groups is 1. The molecule has 0 aliphatic carbocycles. The van der Waals surface area contributed by atoms with E-state index in [2.05, 4.69) is 15.3 Å². The number of anilines is 2. The van der Waals surface area contributed by atoms with Crippen LogP contribution < -0.4 is 11.1 Å². The van der Waals surface area contributed by atoms with Crippen molar-refractivity contribution < 1.29 is 18.0 Å². The monoisotopic (exact) mass is 356 g/mol. The molecule has 0 saturated carbocycles. The third-order valence-electron chi connectivity index (χ3n) is 2.98. The fourth-order valence-corrected chi connectivity index (χ4v) is 2.65. The van der Waals surface area contributed by atoms with Gasteiger partial charge in [-0.2, -0.15) is 13.2 Å². The summed E-state index contributed by atoms with van der Waals surface area (Å²) in [6.45, 7) is 3.40. The number of nitrogen functional groups attached to an aromatic ring is 1. The van der Waals surface area contributed by atoms with Crippen molar-refractivity contribution in [3.8, 4) is 0 Å². The van der Waals surface area contributed by atoms with E-state index in [0.717, 1.165) is 23.9 Å². The highest BCUT2D eigenvalue weighted by molar-refractivity contribution is 8.00.